The van der Waals surface area contributed by atoms with Gasteiger partial charge < -0.3 is 10.6 Å². The Bertz CT molecular complexity index is 422. The van der Waals surface area contributed by atoms with Crippen LogP contribution in [0.15, 0.2) is 18.2 Å². The van der Waals surface area contributed by atoms with Gasteiger partial charge in [-0.05, 0) is 44.1 Å². The Morgan fingerprint density at radius 2 is 2.16 bits per heavy atom. The van der Waals surface area contributed by atoms with Crippen molar-refractivity contribution in [3.63, 3.8) is 0 Å². The van der Waals surface area contributed by atoms with E-state index < -0.39 is 0 Å². The molecule has 0 bridgehead atoms. The van der Waals surface area contributed by atoms with Crippen molar-refractivity contribution in [2.75, 3.05) is 38.1 Å². The van der Waals surface area contributed by atoms with Gasteiger partial charge in [0.2, 0.25) is 0 Å². The van der Waals surface area contributed by atoms with Crippen LogP contribution in [0.1, 0.15) is 18.9 Å². The molecule has 1 fully saturated rings. The lowest BCUT2D eigenvalue weighted by atomic mass is 10.1. The first kappa shape index (κ1) is 14.6. The predicted octanol–water partition coefficient (Wildman–Crippen LogP) is 2.37. The molecule has 0 aliphatic carbocycles. The van der Waals surface area contributed by atoms with Crippen LogP contribution in [-0.2, 0) is 6.42 Å². The first-order valence-corrected chi connectivity index (χ1v) is 7.47. The van der Waals surface area contributed by atoms with Crippen LogP contribution in [0.2, 0.25) is 5.02 Å². The van der Waals surface area contributed by atoms with Crippen molar-refractivity contribution in [2.45, 2.75) is 25.8 Å². The molecule has 2 N–H and O–H groups in total. The highest BCUT2D eigenvalue weighted by atomic mass is 35.5. The van der Waals surface area contributed by atoms with Crippen molar-refractivity contribution in [3.05, 3.63) is 28.8 Å². The molecule has 1 saturated heterocycles. The number of hydrogen-bond acceptors (Lipinski definition) is 3. The van der Waals surface area contributed by atoms with Gasteiger partial charge in [0.1, 0.15) is 0 Å². The molecular weight excluding hydrogens is 258 g/mol. The van der Waals surface area contributed by atoms with Gasteiger partial charge in [-0.1, -0.05) is 24.6 Å². The van der Waals surface area contributed by atoms with Gasteiger partial charge in [-0.3, -0.25) is 4.90 Å². The molecule has 2 rings (SSSR count). The quantitative estimate of drug-likeness (QED) is 0.920. The first-order chi connectivity index (χ1) is 9.15. The summed E-state index contributed by atoms with van der Waals surface area (Å²) >= 11 is 6.43. The minimum atomic E-state index is 0.619. The number of nitrogens with zero attached hydrogens (tertiary/aromatic N) is 2. The molecule has 1 aliphatic heterocycles. The van der Waals surface area contributed by atoms with E-state index in [4.69, 9.17) is 17.3 Å². The van der Waals surface area contributed by atoms with E-state index in [9.17, 15) is 0 Å². The lowest BCUT2D eigenvalue weighted by molar-refractivity contribution is 0.213. The fourth-order valence-corrected chi connectivity index (χ4v) is 3.06. The third-order valence-electron chi connectivity index (χ3n) is 4.03. The third-order valence-corrected chi connectivity index (χ3v) is 4.34. The van der Waals surface area contributed by atoms with E-state index in [1.165, 1.54) is 12.0 Å². The summed E-state index contributed by atoms with van der Waals surface area (Å²) < 4.78 is 0. The third kappa shape index (κ3) is 3.41. The Balaban J connectivity index is 2.13. The summed E-state index contributed by atoms with van der Waals surface area (Å²) in [7, 11) is 2.21. The molecule has 19 heavy (non-hydrogen) atoms. The molecule has 1 atom stereocenters. The molecule has 1 unspecified atom stereocenters. The van der Waals surface area contributed by atoms with Gasteiger partial charge in [0, 0.05) is 25.7 Å². The van der Waals surface area contributed by atoms with Gasteiger partial charge in [-0.25, -0.2) is 0 Å². The van der Waals surface area contributed by atoms with Gasteiger partial charge in [0.05, 0.1) is 10.7 Å². The highest BCUT2D eigenvalue weighted by molar-refractivity contribution is 6.33. The highest BCUT2D eigenvalue weighted by Crippen LogP contribution is 2.29. The number of halogens is 1. The molecule has 0 amide bonds. The van der Waals surface area contributed by atoms with Crippen LogP contribution in [0.4, 0.5) is 5.69 Å². The van der Waals surface area contributed by atoms with Crippen molar-refractivity contribution < 1.29 is 0 Å². The summed E-state index contributed by atoms with van der Waals surface area (Å²) in [6.45, 7) is 6.12. The molecular formula is C15H24ClN3. The lowest BCUT2D eigenvalue weighted by Crippen LogP contribution is -2.51. The zero-order valence-corrected chi connectivity index (χ0v) is 12.7. The van der Waals surface area contributed by atoms with Crippen LogP contribution in [0.25, 0.3) is 0 Å². The Hall–Kier alpha value is -0.770. The number of anilines is 1. The van der Waals surface area contributed by atoms with E-state index >= 15 is 0 Å². The average Bonchev–Trinajstić information content (AvgIpc) is 2.40. The summed E-state index contributed by atoms with van der Waals surface area (Å²) in [5, 5.41) is 0.852. The monoisotopic (exact) mass is 281 g/mol. The van der Waals surface area contributed by atoms with Crippen LogP contribution in [0.3, 0.4) is 0 Å². The summed E-state index contributed by atoms with van der Waals surface area (Å²) in [5.74, 6) is 0. The largest absolute Gasteiger partial charge is 0.367 e. The maximum Gasteiger partial charge on any atom is 0.0642 e. The van der Waals surface area contributed by atoms with E-state index in [-0.39, 0.29) is 0 Å². The fourth-order valence-electron chi connectivity index (χ4n) is 2.73. The Morgan fingerprint density at radius 3 is 2.79 bits per heavy atom. The lowest BCUT2D eigenvalue weighted by Gasteiger charge is -2.40. The van der Waals surface area contributed by atoms with Crippen molar-refractivity contribution in [3.8, 4) is 0 Å². The van der Waals surface area contributed by atoms with Crippen LogP contribution >= 0.6 is 11.6 Å². The maximum atomic E-state index is 6.43. The molecule has 1 heterocycles. The minimum absolute atomic E-state index is 0.619. The summed E-state index contributed by atoms with van der Waals surface area (Å²) in [6.07, 6.45) is 2.07. The number of nitrogens with two attached hydrogens (primary N) is 1. The van der Waals surface area contributed by atoms with E-state index in [1.807, 2.05) is 0 Å². The van der Waals surface area contributed by atoms with Gasteiger partial charge in [-0.15, -0.1) is 0 Å². The van der Waals surface area contributed by atoms with Crippen molar-refractivity contribution in [2.24, 2.45) is 5.73 Å². The number of piperazine rings is 1. The molecule has 106 valence electrons. The molecule has 0 spiro atoms. The van der Waals surface area contributed by atoms with Gasteiger partial charge in [0.25, 0.3) is 0 Å². The van der Waals surface area contributed by atoms with Gasteiger partial charge >= 0.3 is 0 Å². The van der Waals surface area contributed by atoms with E-state index in [0.717, 1.165) is 36.8 Å². The number of benzene rings is 1. The second kappa shape index (κ2) is 6.60. The second-order valence-electron chi connectivity index (χ2n) is 5.31. The summed E-state index contributed by atoms with van der Waals surface area (Å²) in [6, 6.07) is 6.97. The number of rotatable bonds is 4. The van der Waals surface area contributed by atoms with Crippen molar-refractivity contribution in [1.29, 1.82) is 0 Å². The minimum Gasteiger partial charge on any atom is -0.367 e. The Morgan fingerprint density at radius 1 is 1.37 bits per heavy atom. The van der Waals surface area contributed by atoms with Crippen LogP contribution in [-0.4, -0.2) is 44.2 Å². The highest BCUT2D eigenvalue weighted by Gasteiger charge is 2.24. The summed E-state index contributed by atoms with van der Waals surface area (Å²) in [5.41, 5.74) is 7.96. The SMILES string of the molecule is CCC1CN(c2ccc(CCN)cc2Cl)CCN1C. The number of likely N-dealkylation sites (N-methyl/N-ethyl adjacent to an activating group) is 1. The summed E-state index contributed by atoms with van der Waals surface area (Å²) in [4.78, 5) is 4.84. The molecule has 3 nitrogen and oxygen atoms in total. The smallest absolute Gasteiger partial charge is 0.0642 e. The van der Waals surface area contributed by atoms with Crippen molar-refractivity contribution in [1.82, 2.24) is 4.90 Å². The number of hydrogen-bond donors (Lipinski definition) is 1. The topological polar surface area (TPSA) is 32.5 Å². The first-order valence-electron chi connectivity index (χ1n) is 7.09. The Kier molecular flexibility index (Phi) is 5.08. The second-order valence-corrected chi connectivity index (χ2v) is 5.72. The van der Waals surface area contributed by atoms with E-state index in [0.29, 0.717) is 12.6 Å². The van der Waals surface area contributed by atoms with Crippen LogP contribution < -0.4 is 10.6 Å². The maximum absolute atomic E-state index is 6.43. The zero-order valence-electron chi connectivity index (χ0n) is 11.9. The molecule has 4 heteroatoms. The normalized spacial score (nSPS) is 20.8. The van der Waals surface area contributed by atoms with Crippen LogP contribution in [0, 0.1) is 0 Å². The van der Waals surface area contributed by atoms with Crippen molar-refractivity contribution >= 4 is 17.3 Å². The van der Waals surface area contributed by atoms with Gasteiger partial charge in [0.15, 0.2) is 0 Å². The molecule has 0 saturated carbocycles. The molecule has 1 aromatic carbocycles. The Labute approximate surface area is 121 Å². The van der Waals surface area contributed by atoms with Gasteiger partial charge in [-0.2, -0.15) is 0 Å². The molecule has 0 aromatic heterocycles. The average molecular weight is 282 g/mol. The zero-order chi connectivity index (χ0) is 13.8. The molecule has 1 aromatic rings. The fraction of sp³-hybridized carbons (Fsp3) is 0.600. The van der Waals surface area contributed by atoms with E-state index in [1.54, 1.807) is 0 Å². The van der Waals surface area contributed by atoms with E-state index in [2.05, 4.69) is 42.0 Å². The van der Waals surface area contributed by atoms with Crippen LogP contribution in [0.5, 0.6) is 0 Å². The molecule has 0 radical (unpaired) electrons. The standard InChI is InChI=1S/C15H24ClN3/c1-3-13-11-19(9-8-18(13)2)15-5-4-12(6-7-17)10-14(15)16/h4-5,10,13H,3,6-9,11,17H2,1-2H3. The predicted molar refractivity (Wildman–Crippen MR) is 83.1 cm³/mol. The molecule has 1 aliphatic rings.